The molecule has 1 aliphatic rings. The molecular formula is C35H52O3. The number of hydrogen-bond acceptors (Lipinski definition) is 3. The lowest BCUT2D eigenvalue weighted by atomic mass is 9.96. The van der Waals surface area contributed by atoms with Crippen molar-refractivity contribution in [3.8, 4) is 16.9 Å². The van der Waals surface area contributed by atoms with Crippen molar-refractivity contribution in [2.24, 2.45) is 0 Å². The number of benzene rings is 2. The van der Waals surface area contributed by atoms with Crippen LogP contribution in [0.25, 0.3) is 11.1 Å². The Kier molecular flexibility index (Phi) is 15.3. The van der Waals surface area contributed by atoms with Crippen molar-refractivity contribution in [1.29, 1.82) is 0 Å². The molecule has 2 aromatic carbocycles. The zero-order valence-electron chi connectivity index (χ0n) is 24.2. The first-order valence-electron chi connectivity index (χ1n) is 15.5. The molecule has 0 bridgehead atoms. The van der Waals surface area contributed by atoms with Crippen LogP contribution < -0.4 is 4.74 Å². The third kappa shape index (κ3) is 11.7. The third-order valence-electron chi connectivity index (χ3n) is 7.57. The van der Waals surface area contributed by atoms with Crippen molar-refractivity contribution in [2.45, 2.75) is 116 Å². The van der Waals surface area contributed by atoms with Gasteiger partial charge in [0.15, 0.2) is 6.29 Å². The van der Waals surface area contributed by atoms with E-state index in [0.29, 0.717) is 12.5 Å². The van der Waals surface area contributed by atoms with Crippen LogP contribution in [0.15, 0.2) is 60.7 Å². The van der Waals surface area contributed by atoms with E-state index in [0.717, 1.165) is 31.8 Å². The van der Waals surface area contributed by atoms with Gasteiger partial charge in [-0.3, -0.25) is 0 Å². The van der Waals surface area contributed by atoms with Crippen LogP contribution in [0.4, 0.5) is 0 Å². The SMILES string of the molecule is CCCCCCCC/C=C/COc1ccc(-c2ccc(C3COC(CCCCCCCC)OC3)cc2)cc1. The number of ether oxygens (including phenoxy) is 3. The zero-order chi connectivity index (χ0) is 26.7. The molecule has 38 heavy (non-hydrogen) atoms. The normalized spacial score (nSPS) is 17.7. The second-order valence-electron chi connectivity index (χ2n) is 10.8. The van der Waals surface area contributed by atoms with Crippen LogP contribution in [0.3, 0.4) is 0 Å². The standard InChI is InChI=1S/C35H52O3/c1-3-5-7-9-11-12-13-15-17-27-36-34-25-23-31(24-26-34)30-19-21-32(22-20-30)33-28-37-35(38-29-33)18-16-14-10-8-6-4-2/h15,17,19-26,33,35H,3-14,16,18,27-29H2,1-2H3/b17-15+. The molecule has 1 aliphatic heterocycles. The monoisotopic (exact) mass is 520 g/mol. The molecule has 0 spiro atoms. The van der Waals surface area contributed by atoms with Gasteiger partial charge in [-0.2, -0.15) is 0 Å². The lowest BCUT2D eigenvalue weighted by molar-refractivity contribution is -0.190. The van der Waals surface area contributed by atoms with Gasteiger partial charge in [-0.15, -0.1) is 0 Å². The molecule has 0 N–H and O–H groups in total. The van der Waals surface area contributed by atoms with E-state index in [1.807, 2.05) is 0 Å². The van der Waals surface area contributed by atoms with Gasteiger partial charge in [0.05, 0.1) is 13.2 Å². The Morgan fingerprint density at radius 1 is 0.658 bits per heavy atom. The van der Waals surface area contributed by atoms with Crippen molar-refractivity contribution in [3.63, 3.8) is 0 Å². The molecule has 1 heterocycles. The lowest BCUT2D eigenvalue weighted by Gasteiger charge is -2.29. The largest absolute Gasteiger partial charge is 0.490 e. The van der Waals surface area contributed by atoms with Gasteiger partial charge < -0.3 is 14.2 Å². The van der Waals surface area contributed by atoms with Crippen LogP contribution in [0, 0.1) is 0 Å². The Bertz CT molecular complexity index is 863. The molecule has 0 aromatic heterocycles. The van der Waals surface area contributed by atoms with Gasteiger partial charge in [0.25, 0.3) is 0 Å². The molecule has 3 nitrogen and oxygen atoms in total. The van der Waals surface area contributed by atoms with Gasteiger partial charge in [0.1, 0.15) is 12.4 Å². The highest BCUT2D eigenvalue weighted by molar-refractivity contribution is 5.64. The second kappa shape index (κ2) is 19.0. The minimum Gasteiger partial charge on any atom is -0.490 e. The maximum Gasteiger partial charge on any atom is 0.157 e. The zero-order valence-corrected chi connectivity index (χ0v) is 24.2. The van der Waals surface area contributed by atoms with E-state index >= 15 is 0 Å². The van der Waals surface area contributed by atoms with E-state index in [2.05, 4.69) is 74.5 Å². The molecular weight excluding hydrogens is 468 g/mol. The Morgan fingerprint density at radius 2 is 1.21 bits per heavy atom. The third-order valence-corrected chi connectivity index (χ3v) is 7.57. The van der Waals surface area contributed by atoms with Crippen LogP contribution >= 0.6 is 0 Å². The van der Waals surface area contributed by atoms with Gasteiger partial charge in [0.2, 0.25) is 0 Å². The maximum absolute atomic E-state index is 6.04. The topological polar surface area (TPSA) is 27.7 Å². The summed E-state index contributed by atoms with van der Waals surface area (Å²) in [6, 6.07) is 17.3. The van der Waals surface area contributed by atoms with Crippen LogP contribution in [-0.4, -0.2) is 26.1 Å². The highest BCUT2D eigenvalue weighted by atomic mass is 16.7. The predicted octanol–water partition coefficient (Wildman–Crippen LogP) is 10.2. The molecule has 0 aliphatic carbocycles. The summed E-state index contributed by atoms with van der Waals surface area (Å²) in [7, 11) is 0. The fourth-order valence-corrected chi connectivity index (χ4v) is 5.06. The van der Waals surface area contributed by atoms with E-state index in [4.69, 9.17) is 14.2 Å². The average Bonchev–Trinajstić information content (AvgIpc) is 2.97. The summed E-state index contributed by atoms with van der Waals surface area (Å²) in [5, 5.41) is 0. The molecule has 0 atom stereocenters. The highest BCUT2D eigenvalue weighted by Gasteiger charge is 2.23. The molecule has 0 unspecified atom stereocenters. The minimum atomic E-state index is -0.0201. The smallest absolute Gasteiger partial charge is 0.157 e. The lowest BCUT2D eigenvalue weighted by Crippen LogP contribution is -2.30. The number of hydrogen-bond donors (Lipinski definition) is 0. The summed E-state index contributed by atoms with van der Waals surface area (Å²) in [5.41, 5.74) is 3.72. The van der Waals surface area contributed by atoms with E-state index < -0.39 is 0 Å². The van der Waals surface area contributed by atoms with Crippen molar-refractivity contribution < 1.29 is 14.2 Å². The van der Waals surface area contributed by atoms with Crippen molar-refractivity contribution in [2.75, 3.05) is 19.8 Å². The number of allylic oxidation sites excluding steroid dienone is 1. The first-order valence-corrected chi connectivity index (χ1v) is 15.5. The quantitative estimate of drug-likeness (QED) is 0.136. The van der Waals surface area contributed by atoms with Gasteiger partial charge in [0, 0.05) is 5.92 Å². The second-order valence-corrected chi connectivity index (χ2v) is 10.8. The molecule has 0 radical (unpaired) electrons. The molecule has 0 amide bonds. The van der Waals surface area contributed by atoms with E-state index in [-0.39, 0.29) is 6.29 Å². The van der Waals surface area contributed by atoms with Gasteiger partial charge in [-0.05, 0) is 54.5 Å². The molecule has 3 rings (SSSR count). The Balaban J connectivity index is 1.32. The Morgan fingerprint density at radius 3 is 1.84 bits per heavy atom. The highest BCUT2D eigenvalue weighted by Crippen LogP contribution is 2.28. The summed E-state index contributed by atoms with van der Waals surface area (Å²) in [6.45, 7) is 6.66. The summed E-state index contributed by atoms with van der Waals surface area (Å²) < 4.78 is 18.0. The van der Waals surface area contributed by atoms with Crippen LogP contribution in [0.5, 0.6) is 5.75 Å². The summed E-state index contributed by atoms with van der Waals surface area (Å²) in [6.07, 6.45) is 22.5. The summed E-state index contributed by atoms with van der Waals surface area (Å²) in [5.74, 6) is 1.23. The molecule has 0 saturated carbocycles. The minimum absolute atomic E-state index is 0.0201. The number of unbranched alkanes of at least 4 members (excludes halogenated alkanes) is 11. The van der Waals surface area contributed by atoms with Crippen LogP contribution in [0.2, 0.25) is 0 Å². The summed E-state index contributed by atoms with van der Waals surface area (Å²) >= 11 is 0. The fraction of sp³-hybridized carbons (Fsp3) is 0.600. The van der Waals surface area contributed by atoms with Crippen molar-refractivity contribution >= 4 is 0 Å². The van der Waals surface area contributed by atoms with E-state index in [9.17, 15) is 0 Å². The average molecular weight is 521 g/mol. The van der Waals surface area contributed by atoms with E-state index in [1.165, 1.54) is 93.7 Å². The van der Waals surface area contributed by atoms with Crippen molar-refractivity contribution in [3.05, 3.63) is 66.2 Å². The molecule has 1 saturated heterocycles. The Labute approximate surface area is 233 Å². The Hall–Kier alpha value is -2.10. The first-order chi connectivity index (χ1) is 18.8. The number of rotatable bonds is 19. The van der Waals surface area contributed by atoms with Gasteiger partial charge in [-0.1, -0.05) is 127 Å². The fourth-order valence-electron chi connectivity index (χ4n) is 5.06. The van der Waals surface area contributed by atoms with Crippen LogP contribution in [-0.2, 0) is 9.47 Å². The molecule has 3 heteroatoms. The van der Waals surface area contributed by atoms with E-state index in [1.54, 1.807) is 0 Å². The van der Waals surface area contributed by atoms with Crippen molar-refractivity contribution in [1.82, 2.24) is 0 Å². The summed E-state index contributed by atoms with van der Waals surface area (Å²) in [4.78, 5) is 0. The van der Waals surface area contributed by atoms with Gasteiger partial charge in [-0.25, -0.2) is 0 Å². The van der Waals surface area contributed by atoms with Gasteiger partial charge >= 0.3 is 0 Å². The first kappa shape index (κ1) is 30.4. The predicted molar refractivity (Wildman–Crippen MR) is 161 cm³/mol. The molecule has 1 fully saturated rings. The maximum atomic E-state index is 6.04. The molecule has 210 valence electrons. The van der Waals surface area contributed by atoms with Crippen LogP contribution in [0.1, 0.15) is 115 Å². The molecule has 2 aromatic rings.